The molecular formula is C25H32N4O4S. The molecule has 0 bridgehead atoms. The molecule has 2 aliphatic heterocycles. The Morgan fingerprint density at radius 1 is 1.00 bits per heavy atom. The topological polar surface area (TPSA) is 82.2 Å². The van der Waals surface area contributed by atoms with Gasteiger partial charge in [-0.05, 0) is 54.8 Å². The summed E-state index contributed by atoms with van der Waals surface area (Å²) in [5, 5.41) is 2.92. The van der Waals surface area contributed by atoms with Crippen molar-refractivity contribution in [3.8, 4) is 0 Å². The van der Waals surface area contributed by atoms with E-state index in [-0.39, 0.29) is 10.8 Å². The molecule has 0 unspecified atom stereocenters. The lowest BCUT2D eigenvalue weighted by Gasteiger charge is -2.27. The Labute approximate surface area is 201 Å². The minimum Gasteiger partial charge on any atom is -0.379 e. The molecule has 0 aromatic heterocycles. The molecule has 0 spiro atoms. The van der Waals surface area contributed by atoms with Gasteiger partial charge in [-0.25, -0.2) is 8.42 Å². The van der Waals surface area contributed by atoms with Gasteiger partial charge in [0.05, 0.1) is 29.5 Å². The SMILES string of the molecule is CN(C)c1ccc(/C=C/C(=O)Nc2cc(S(=O)(=O)N3CCOCC3)ccc2N2CCCC2)cc1. The lowest BCUT2D eigenvalue weighted by Crippen LogP contribution is -2.40. The first-order valence-electron chi connectivity index (χ1n) is 11.6. The van der Waals surface area contributed by atoms with Crippen LogP contribution in [0.4, 0.5) is 17.1 Å². The number of benzene rings is 2. The van der Waals surface area contributed by atoms with Crippen LogP contribution in [0.3, 0.4) is 0 Å². The van der Waals surface area contributed by atoms with Crippen LogP contribution in [-0.2, 0) is 19.6 Å². The summed E-state index contributed by atoms with van der Waals surface area (Å²) in [6.45, 7) is 3.18. The van der Waals surface area contributed by atoms with Gasteiger partial charge in [-0.15, -0.1) is 0 Å². The molecule has 9 heteroatoms. The monoisotopic (exact) mass is 484 g/mol. The Kier molecular flexibility index (Phi) is 7.55. The molecule has 0 saturated carbocycles. The predicted octanol–water partition coefficient (Wildman–Crippen LogP) is 3.03. The first-order chi connectivity index (χ1) is 16.3. The summed E-state index contributed by atoms with van der Waals surface area (Å²) in [4.78, 5) is 17.2. The highest BCUT2D eigenvalue weighted by molar-refractivity contribution is 7.89. The van der Waals surface area contributed by atoms with E-state index >= 15 is 0 Å². The molecule has 0 aliphatic carbocycles. The lowest BCUT2D eigenvalue weighted by atomic mass is 10.2. The number of hydrogen-bond acceptors (Lipinski definition) is 6. The molecule has 2 heterocycles. The normalized spacial score (nSPS) is 17.3. The summed E-state index contributed by atoms with van der Waals surface area (Å²) in [6, 6.07) is 12.9. The molecule has 2 fully saturated rings. The van der Waals surface area contributed by atoms with Crippen molar-refractivity contribution in [2.24, 2.45) is 0 Å². The molecule has 2 saturated heterocycles. The molecule has 182 valence electrons. The summed E-state index contributed by atoms with van der Waals surface area (Å²) >= 11 is 0. The number of rotatable bonds is 7. The zero-order valence-corrected chi connectivity index (χ0v) is 20.6. The fourth-order valence-corrected chi connectivity index (χ4v) is 5.61. The van der Waals surface area contributed by atoms with E-state index < -0.39 is 10.0 Å². The second kappa shape index (κ2) is 10.6. The Morgan fingerprint density at radius 3 is 2.32 bits per heavy atom. The van der Waals surface area contributed by atoms with Crippen molar-refractivity contribution in [1.29, 1.82) is 0 Å². The second-order valence-electron chi connectivity index (χ2n) is 8.70. The number of morpholine rings is 1. The number of carbonyl (C=O) groups excluding carboxylic acids is 1. The third-order valence-electron chi connectivity index (χ3n) is 6.12. The van der Waals surface area contributed by atoms with Crippen molar-refractivity contribution < 1.29 is 17.9 Å². The quantitative estimate of drug-likeness (QED) is 0.609. The Hall–Kier alpha value is -2.88. The van der Waals surface area contributed by atoms with Crippen LogP contribution in [0.15, 0.2) is 53.4 Å². The standard InChI is InChI=1S/C25H32N4O4S/c1-27(2)21-8-5-20(6-9-21)7-12-25(30)26-23-19-22(10-11-24(23)28-13-3-4-14-28)34(31,32)29-15-17-33-18-16-29/h5-12,19H,3-4,13-18H2,1-2H3,(H,26,30)/b12-7+. The zero-order chi connectivity index (χ0) is 24.1. The van der Waals surface area contributed by atoms with Crippen LogP contribution in [0, 0.1) is 0 Å². The van der Waals surface area contributed by atoms with E-state index in [0.29, 0.717) is 32.0 Å². The molecule has 1 N–H and O–H groups in total. The smallest absolute Gasteiger partial charge is 0.248 e. The van der Waals surface area contributed by atoms with Gasteiger partial charge in [-0.3, -0.25) is 4.79 Å². The van der Waals surface area contributed by atoms with Gasteiger partial charge in [0.2, 0.25) is 15.9 Å². The van der Waals surface area contributed by atoms with E-state index in [9.17, 15) is 13.2 Å². The maximum atomic E-state index is 13.2. The van der Waals surface area contributed by atoms with Crippen LogP contribution in [0.1, 0.15) is 18.4 Å². The van der Waals surface area contributed by atoms with E-state index in [1.54, 1.807) is 24.3 Å². The maximum absolute atomic E-state index is 13.2. The van der Waals surface area contributed by atoms with Crippen molar-refractivity contribution in [1.82, 2.24) is 4.31 Å². The number of sulfonamides is 1. The number of hydrogen-bond donors (Lipinski definition) is 1. The van der Waals surface area contributed by atoms with E-state index in [1.807, 2.05) is 43.3 Å². The molecule has 8 nitrogen and oxygen atoms in total. The third-order valence-corrected chi connectivity index (χ3v) is 8.01. The highest BCUT2D eigenvalue weighted by Crippen LogP contribution is 2.32. The van der Waals surface area contributed by atoms with Crippen molar-refractivity contribution in [3.05, 3.63) is 54.1 Å². The molecule has 34 heavy (non-hydrogen) atoms. The molecule has 2 aromatic carbocycles. The maximum Gasteiger partial charge on any atom is 0.248 e. The summed E-state index contributed by atoms with van der Waals surface area (Å²) in [5.41, 5.74) is 3.34. The van der Waals surface area contributed by atoms with Crippen molar-refractivity contribution in [2.45, 2.75) is 17.7 Å². The Bertz CT molecular complexity index is 1130. The number of nitrogens with zero attached hydrogens (tertiary/aromatic N) is 3. The fraction of sp³-hybridized carbons (Fsp3) is 0.400. The lowest BCUT2D eigenvalue weighted by molar-refractivity contribution is -0.111. The van der Waals surface area contributed by atoms with Crippen LogP contribution >= 0.6 is 0 Å². The van der Waals surface area contributed by atoms with Gasteiger partial charge in [0, 0.05) is 52.0 Å². The minimum absolute atomic E-state index is 0.177. The highest BCUT2D eigenvalue weighted by Gasteiger charge is 2.28. The van der Waals surface area contributed by atoms with Gasteiger partial charge >= 0.3 is 0 Å². The van der Waals surface area contributed by atoms with E-state index in [1.165, 1.54) is 10.4 Å². The van der Waals surface area contributed by atoms with Crippen LogP contribution < -0.4 is 15.1 Å². The fourth-order valence-electron chi connectivity index (χ4n) is 4.18. The van der Waals surface area contributed by atoms with Gasteiger partial charge in [-0.1, -0.05) is 12.1 Å². The van der Waals surface area contributed by atoms with Gasteiger partial charge in [0.1, 0.15) is 0 Å². The number of carbonyl (C=O) groups is 1. The summed E-state index contributed by atoms with van der Waals surface area (Å²) in [5.74, 6) is -0.307. The Morgan fingerprint density at radius 2 is 1.68 bits per heavy atom. The molecule has 2 aromatic rings. The summed E-state index contributed by atoms with van der Waals surface area (Å²) < 4.78 is 33.1. The summed E-state index contributed by atoms with van der Waals surface area (Å²) in [6.07, 6.45) is 5.37. The molecule has 1 amide bonds. The van der Waals surface area contributed by atoms with Gasteiger partial charge in [0.15, 0.2) is 0 Å². The third kappa shape index (κ3) is 5.60. The number of ether oxygens (including phenoxy) is 1. The minimum atomic E-state index is -3.67. The molecule has 2 aliphatic rings. The van der Waals surface area contributed by atoms with E-state index in [0.717, 1.165) is 42.9 Å². The largest absolute Gasteiger partial charge is 0.379 e. The van der Waals surface area contributed by atoms with Gasteiger partial charge in [0.25, 0.3) is 0 Å². The van der Waals surface area contributed by atoms with Crippen LogP contribution in [0.5, 0.6) is 0 Å². The number of nitrogens with one attached hydrogen (secondary N) is 1. The average Bonchev–Trinajstić information content (AvgIpc) is 3.38. The van der Waals surface area contributed by atoms with Gasteiger partial charge < -0.3 is 19.9 Å². The average molecular weight is 485 g/mol. The first kappa shape index (κ1) is 24.3. The van der Waals surface area contributed by atoms with Crippen molar-refractivity contribution in [3.63, 3.8) is 0 Å². The van der Waals surface area contributed by atoms with E-state index in [4.69, 9.17) is 4.74 Å². The second-order valence-corrected chi connectivity index (χ2v) is 10.6. The van der Waals surface area contributed by atoms with E-state index in [2.05, 4.69) is 10.2 Å². The first-order valence-corrected chi connectivity index (χ1v) is 13.0. The Balaban J connectivity index is 1.56. The molecule has 4 rings (SSSR count). The van der Waals surface area contributed by atoms with Crippen molar-refractivity contribution >= 4 is 39.1 Å². The van der Waals surface area contributed by atoms with Crippen LogP contribution in [0.25, 0.3) is 6.08 Å². The van der Waals surface area contributed by atoms with Gasteiger partial charge in [-0.2, -0.15) is 4.31 Å². The summed E-state index contributed by atoms with van der Waals surface area (Å²) in [7, 11) is 0.286. The van der Waals surface area contributed by atoms with Crippen LogP contribution in [0.2, 0.25) is 0 Å². The molecular weight excluding hydrogens is 452 g/mol. The zero-order valence-electron chi connectivity index (χ0n) is 19.7. The predicted molar refractivity (Wildman–Crippen MR) is 136 cm³/mol. The highest BCUT2D eigenvalue weighted by atomic mass is 32.2. The van der Waals surface area contributed by atoms with Crippen molar-refractivity contribution in [2.75, 3.05) is 68.6 Å². The molecule has 0 atom stereocenters. The number of anilines is 3. The number of amides is 1. The van der Waals surface area contributed by atoms with Crippen LogP contribution in [-0.4, -0.2) is 72.1 Å². The molecule has 0 radical (unpaired) electrons.